The zero-order valence-corrected chi connectivity index (χ0v) is 13.4. The predicted molar refractivity (Wildman–Crippen MR) is 83.3 cm³/mol. The minimum atomic E-state index is -0.388. The molecule has 0 radical (unpaired) electrons. The summed E-state index contributed by atoms with van der Waals surface area (Å²) in [6, 6.07) is 3.93. The van der Waals surface area contributed by atoms with Crippen LogP contribution in [0, 0.1) is 13.8 Å². The molecule has 1 fully saturated rings. The molecule has 2 rings (SSSR count). The van der Waals surface area contributed by atoms with Crippen molar-refractivity contribution in [1.29, 1.82) is 0 Å². The molecule has 21 heavy (non-hydrogen) atoms. The number of ketones is 1. The van der Waals surface area contributed by atoms with E-state index in [4.69, 9.17) is 9.47 Å². The molecule has 0 saturated carbocycles. The van der Waals surface area contributed by atoms with Gasteiger partial charge in [0.2, 0.25) is 0 Å². The summed E-state index contributed by atoms with van der Waals surface area (Å²) in [5, 5.41) is 0. The van der Waals surface area contributed by atoms with E-state index >= 15 is 0 Å². The third-order valence-electron chi connectivity index (χ3n) is 3.89. The molecule has 1 aliphatic rings. The topological polar surface area (TPSA) is 38.8 Å². The summed E-state index contributed by atoms with van der Waals surface area (Å²) in [5.74, 6) is 0.680. The molecule has 0 aromatic heterocycles. The van der Waals surface area contributed by atoms with E-state index in [1.165, 1.54) is 0 Å². The van der Waals surface area contributed by atoms with Gasteiger partial charge < -0.3 is 9.47 Å². The molecule has 0 aliphatic carbocycles. The Hall–Kier alpha value is -1.39. The number of methoxy groups -OCH3 is 1. The highest BCUT2D eigenvalue weighted by Crippen LogP contribution is 2.27. The SMILES string of the molecule is CCCN1CCOC(C(=O)c2c(C)cc(C)cc2OC)C1. The van der Waals surface area contributed by atoms with Crippen LogP contribution in [0.1, 0.15) is 34.8 Å². The van der Waals surface area contributed by atoms with Crippen LogP contribution in [0.3, 0.4) is 0 Å². The van der Waals surface area contributed by atoms with Gasteiger partial charge in [-0.3, -0.25) is 9.69 Å². The van der Waals surface area contributed by atoms with E-state index in [0.29, 0.717) is 24.5 Å². The number of hydrogen-bond donors (Lipinski definition) is 0. The summed E-state index contributed by atoms with van der Waals surface area (Å²) < 4.78 is 11.1. The van der Waals surface area contributed by atoms with E-state index in [-0.39, 0.29) is 11.9 Å². The van der Waals surface area contributed by atoms with Crippen LogP contribution in [0.2, 0.25) is 0 Å². The molecule has 0 amide bonds. The van der Waals surface area contributed by atoms with Gasteiger partial charge in [-0.25, -0.2) is 0 Å². The zero-order valence-electron chi connectivity index (χ0n) is 13.4. The first-order valence-electron chi connectivity index (χ1n) is 7.60. The van der Waals surface area contributed by atoms with Gasteiger partial charge in [0.1, 0.15) is 11.9 Å². The predicted octanol–water partition coefficient (Wildman–Crippen LogP) is 2.61. The first-order valence-corrected chi connectivity index (χ1v) is 7.60. The normalized spacial score (nSPS) is 19.5. The lowest BCUT2D eigenvalue weighted by atomic mass is 9.97. The summed E-state index contributed by atoms with van der Waals surface area (Å²) in [6.45, 7) is 9.31. The van der Waals surface area contributed by atoms with Crippen molar-refractivity contribution in [3.63, 3.8) is 0 Å². The lowest BCUT2D eigenvalue weighted by molar-refractivity contribution is -0.0165. The number of aryl methyl sites for hydroxylation is 2. The van der Waals surface area contributed by atoms with E-state index in [0.717, 1.165) is 30.6 Å². The van der Waals surface area contributed by atoms with Gasteiger partial charge in [-0.1, -0.05) is 13.0 Å². The minimum absolute atomic E-state index is 0.0325. The third-order valence-corrected chi connectivity index (χ3v) is 3.89. The highest BCUT2D eigenvalue weighted by molar-refractivity contribution is 6.03. The van der Waals surface area contributed by atoms with Crippen molar-refractivity contribution in [3.05, 3.63) is 28.8 Å². The molecule has 4 heteroatoms. The largest absolute Gasteiger partial charge is 0.496 e. The first-order chi connectivity index (χ1) is 10.1. The monoisotopic (exact) mass is 291 g/mol. The molecule has 0 N–H and O–H groups in total. The Labute approximate surface area is 127 Å². The Bertz CT molecular complexity index is 511. The maximum absolute atomic E-state index is 12.8. The van der Waals surface area contributed by atoms with Crippen LogP contribution in [0.25, 0.3) is 0 Å². The van der Waals surface area contributed by atoms with Crippen LogP contribution in [-0.4, -0.2) is 50.1 Å². The number of nitrogens with zero attached hydrogens (tertiary/aromatic N) is 1. The highest BCUT2D eigenvalue weighted by Gasteiger charge is 2.30. The van der Waals surface area contributed by atoms with Crippen LogP contribution < -0.4 is 4.74 Å². The molecule has 1 aromatic carbocycles. The summed E-state index contributed by atoms with van der Waals surface area (Å²) in [7, 11) is 1.61. The van der Waals surface area contributed by atoms with Crippen LogP contribution in [0.5, 0.6) is 5.75 Å². The Morgan fingerprint density at radius 1 is 1.43 bits per heavy atom. The number of carbonyl (C=O) groups is 1. The second kappa shape index (κ2) is 7.05. The average molecular weight is 291 g/mol. The highest BCUT2D eigenvalue weighted by atomic mass is 16.5. The van der Waals surface area contributed by atoms with Crippen LogP contribution in [0.15, 0.2) is 12.1 Å². The summed E-state index contributed by atoms with van der Waals surface area (Å²) in [5.41, 5.74) is 2.71. The average Bonchev–Trinajstić information content (AvgIpc) is 2.46. The van der Waals surface area contributed by atoms with Crippen molar-refractivity contribution in [1.82, 2.24) is 4.90 Å². The molecule has 116 valence electrons. The quantitative estimate of drug-likeness (QED) is 0.782. The Morgan fingerprint density at radius 3 is 2.86 bits per heavy atom. The first kappa shape index (κ1) is 16.0. The minimum Gasteiger partial charge on any atom is -0.496 e. The van der Waals surface area contributed by atoms with E-state index in [1.807, 2.05) is 26.0 Å². The molecular weight excluding hydrogens is 266 g/mol. The van der Waals surface area contributed by atoms with E-state index in [1.54, 1.807) is 7.11 Å². The van der Waals surface area contributed by atoms with Crippen LogP contribution >= 0.6 is 0 Å². The van der Waals surface area contributed by atoms with Gasteiger partial charge in [0.25, 0.3) is 0 Å². The molecule has 1 atom stereocenters. The van der Waals surface area contributed by atoms with Crippen LogP contribution in [-0.2, 0) is 4.74 Å². The molecule has 1 aromatic rings. The second-order valence-electron chi connectivity index (χ2n) is 5.68. The van der Waals surface area contributed by atoms with Gasteiger partial charge in [0.15, 0.2) is 5.78 Å². The fourth-order valence-electron chi connectivity index (χ4n) is 2.95. The number of carbonyl (C=O) groups excluding carboxylic acids is 1. The number of rotatable bonds is 5. The number of ether oxygens (including phenoxy) is 2. The maximum Gasteiger partial charge on any atom is 0.196 e. The molecule has 1 unspecified atom stereocenters. The van der Waals surface area contributed by atoms with Gasteiger partial charge >= 0.3 is 0 Å². The van der Waals surface area contributed by atoms with Crippen molar-refractivity contribution < 1.29 is 14.3 Å². The summed E-state index contributed by atoms with van der Waals surface area (Å²) in [4.78, 5) is 15.1. The number of morpholine rings is 1. The molecule has 0 spiro atoms. The second-order valence-corrected chi connectivity index (χ2v) is 5.68. The van der Waals surface area contributed by atoms with Gasteiger partial charge in [-0.15, -0.1) is 0 Å². The summed E-state index contributed by atoms with van der Waals surface area (Å²) in [6.07, 6.45) is 0.703. The molecule has 1 heterocycles. The van der Waals surface area contributed by atoms with E-state index in [2.05, 4.69) is 11.8 Å². The summed E-state index contributed by atoms with van der Waals surface area (Å²) >= 11 is 0. The van der Waals surface area contributed by atoms with Gasteiger partial charge in [-0.2, -0.15) is 0 Å². The Kier molecular flexibility index (Phi) is 5.37. The number of benzene rings is 1. The number of hydrogen-bond acceptors (Lipinski definition) is 4. The van der Waals surface area contributed by atoms with Crippen LogP contribution in [0.4, 0.5) is 0 Å². The zero-order chi connectivity index (χ0) is 15.4. The molecular formula is C17H25NO3. The Morgan fingerprint density at radius 2 is 2.19 bits per heavy atom. The van der Waals surface area contributed by atoms with Gasteiger partial charge in [-0.05, 0) is 44.0 Å². The molecule has 4 nitrogen and oxygen atoms in total. The lowest BCUT2D eigenvalue weighted by Gasteiger charge is -2.32. The Balaban J connectivity index is 2.23. The van der Waals surface area contributed by atoms with Crippen molar-refractivity contribution in [2.24, 2.45) is 0 Å². The fraction of sp³-hybridized carbons (Fsp3) is 0.588. The fourth-order valence-corrected chi connectivity index (χ4v) is 2.95. The van der Waals surface area contributed by atoms with Crippen molar-refractivity contribution >= 4 is 5.78 Å². The van der Waals surface area contributed by atoms with Crippen molar-refractivity contribution in [2.75, 3.05) is 33.4 Å². The standard InChI is InChI=1S/C17H25NO3/c1-5-6-18-7-8-21-15(11-18)17(19)16-13(3)9-12(2)10-14(16)20-4/h9-10,15H,5-8,11H2,1-4H3. The maximum atomic E-state index is 12.8. The molecule has 0 bridgehead atoms. The van der Waals surface area contributed by atoms with E-state index in [9.17, 15) is 4.79 Å². The molecule has 1 saturated heterocycles. The van der Waals surface area contributed by atoms with Gasteiger partial charge in [0.05, 0.1) is 19.3 Å². The smallest absolute Gasteiger partial charge is 0.196 e. The molecule has 1 aliphatic heterocycles. The third kappa shape index (κ3) is 3.63. The van der Waals surface area contributed by atoms with Crippen molar-refractivity contribution in [2.45, 2.75) is 33.3 Å². The van der Waals surface area contributed by atoms with E-state index < -0.39 is 0 Å². The lowest BCUT2D eigenvalue weighted by Crippen LogP contribution is -2.46. The number of Topliss-reactive ketones (excluding diaryl/α,β-unsaturated/α-hetero) is 1. The van der Waals surface area contributed by atoms with Crippen molar-refractivity contribution in [3.8, 4) is 5.75 Å². The van der Waals surface area contributed by atoms with Gasteiger partial charge in [0, 0.05) is 13.1 Å².